The summed E-state index contributed by atoms with van der Waals surface area (Å²) in [4.78, 5) is 15.2. The molecule has 0 saturated heterocycles. The van der Waals surface area contributed by atoms with Crippen LogP contribution in [0.5, 0.6) is 11.5 Å². The fraction of sp³-hybridized carbons (Fsp3) is 0.240. The van der Waals surface area contributed by atoms with Crippen molar-refractivity contribution >= 4 is 11.6 Å². The first kappa shape index (κ1) is 18.6. The molecule has 0 bridgehead atoms. The standard InChI is InChI=1S/C25H24N2O3/c1-29-22-14-11-18(15-23(22)30-16-17-7-3-2-4-8-17)24-26-21-10-6-5-9-20(21)25(28)27(24)19-12-13-19/h2-11,14-15,19,24,26H,12-13,16H2,1H3/t24-/m0/s1. The molecule has 0 aromatic heterocycles. The van der Waals surface area contributed by atoms with Crippen LogP contribution >= 0.6 is 0 Å². The fourth-order valence-corrected chi connectivity index (χ4v) is 3.95. The molecular weight excluding hydrogens is 376 g/mol. The Labute approximate surface area is 176 Å². The molecule has 1 aliphatic carbocycles. The van der Waals surface area contributed by atoms with Crippen LogP contribution in [0, 0.1) is 0 Å². The third-order valence-corrected chi connectivity index (χ3v) is 5.64. The zero-order valence-electron chi connectivity index (χ0n) is 16.9. The van der Waals surface area contributed by atoms with Crippen molar-refractivity contribution in [3.8, 4) is 11.5 Å². The van der Waals surface area contributed by atoms with E-state index in [9.17, 15) is 4.79 Å². The van der Waals surface area contributed by atoms with Gasteiger partial charge in [-0.2, -0.15) is 0 Å². The van der Waals surface area contributed by atoms with E-state index in [1.165, 1.54) is 0 Å². The lowest BCUT2D eigenvalue weighted by atomic mass is 10.0. The zero-order chi connectivity index (χ0) is 20.5. The van der Waals surface area contributed by atoms with Crippen LogP contribution < -0.4 is 14.8 Å². The maximum Gasteiger partial charge on any atom is 0.258 e. The number of carbonyl (C=O) groups excluding carboxylic acids is 1. The SMILES string of the molecule is COc1ccc([C@H]2Nc3ccccc3C(=O)N2C2CC2)cc1OCc1ccccc1. The number of methoxy groups -OCH3 is 1. The van der Waals surface area contributed by atoms with Gasteiger partial charge >= 0.3 is 0 Å². The van der Waals surface area contributed by atoms with E-state index >= 15 is 0 Å². The number of rotatable bonds is 6. The molecule has 0 spiro atoms. The minimum absolute atomic E-state index is 0.0828. The second-order valence-electron chi connectivity index (χ2n) is 7.72. The molecule has 5 nitrogen and oxygen atoms in total. The number of para-hydroxylation sites is 1. The van der Waals surface area contributed by atoms with Crippen molar-refractivity contribution in [3.63, 3.8) is 0 Å². The lowest BCUT2D eigenvalue weighted by Gasteiger charge is -2.38. The molecular formula is C25H24N2O3. The summed E-state index contributed by atoms with van der Waals surface area (Å²) in [6.45, 7) is 0.451. The van der Waals surface area contributed by atoms with E-state index in [2.05, 4.69) is 5.32 Å². The van der Waals surface area contributed by atoms with Gasteiger partial charge in [-0.15, -0.1) is 0 Å². The van der Waals surface area contributed by atoms with E-state index in [4.69, 9.17) is 9.47 Å². The molecule has 152 valence electrons. The topological polar surface area (TPSA) is 50.8 Å². The van der Waals surface area contributed by atoms with E-state index in [1.807, 2.05) is 77.7 Å². The molecule has 1 heterocycles. The summed E-state index contributed by atoms with van der Waals surface area (Å²) in [6, 6.07) is 23.9. The molecule has 3 aromatic rings. The number of amides is 1. The second-order valence-corrected chi connectivity index (χ2v) is 7.72. The Morgan fingerprint density at radius 1 is 0.967 bits per heavy atom. The van der Waals surface area contributed by atoms with Crippen molar-refractivity contribution in [2.24, 2.45) is 0 Å². The summed E-state index contributed by atoms with van der Waals surface area (Å²) in [5.74, 6) is 1.43. The first-order chi connectivity index (χ1) is 14.7. The Bertz CT molecular complexity index is 1060. The van der Waals surface area contributed by atoms with Crippen LogP contribution in [0.3, 0.4) is 0 Å². The summed E-state index contributed by atoms with van der Waals surface area (Å²) >= 11 is 0. The lowest BCUT2D eigenvalue weighted by molar-refractivity contribution is 0.0666. The van der Waals surface area contributed by atoms with Crippen molar-refractivity contribution in [1.29, 1.82) is 0 Å². The summed E-state index contributed by atoms with van der Waals surface area (Å²) in [5, 5.41) is 3.56. The highest BCUT2D eigenvalue weighted by Gasteiger charge is 2.42. The largest absolute Gasteiger partial charge is 0.493 e. The predicted molar refractivity (Wildman–Crippen MR) is 116 cm³/mol. The predicted octanol–water partition coefficient (Wildman–Crippen LogP) is 5.00. The van der Waals surface area contributed by atoms with Crippen LogP contribution in [-0.2, 0) is 6.61 Å². The molecule has 0 unspecified atom stereocenters. The van der Waals surface area contributed by atoms with Gasteiger partial charge in [0.15, 0.2) is 11.5 Å². The van der Waals surface area contributed by atoms with E-state index in [0.29, 0.717) is 18.1 Å². The van der Waals surface area contributed by atoms with E-state index in [1.54, 1.807) is 7.11 Å². The number of ether oxygens (including phenoxy) is 2. The van der Waals surface area contributed by atoms with Gasteiger partial charge in [-0.25, -0.2) is 0 Å². The third kappa shape index (κ3) is 3.47. The monoisotopic (exact) mass is 400 g/mol. The molecule has 5 heteroatoms. The minimum atomic E-state index is -0.232. The van der Waals surface area contributed by atoms with Crippen LogP contribution in [-0.4, -0.2) is 24.0 Å². The first-order valence-electron chi connectivity index (χ1n) is 10.3. The van der Waals surface area contributed by atoms with Gasteiger partial charge in [0, 0.05) is 11.7 Å². The first-order valence-corrected chi connectivity index (χ1v) is 10.3. The van der Waals surface area contributed by atoms with Crippen LogP contribution in [0.15, 0.2) is 72.8 Å². The molecule has 1 fully saturated rings. The number of nitrogens with zero attached hydrogens (tertiary/aromatic N) is 1. The number of benzene rings is 3. The van der Waals surface area contributed by atoms with E-state index in [-0.39, 0.29) is 18.1 Å². The van der Waals surface area contributed by atoms with Crippen LogP contribution in [0.4, 0.5) is 5.69 Å². The Morgan fingerprint density at radius 2 is 1.73 bits per heavy atom. The molecule has 1 N–H and O–H groups in total. The fourth-order valence-electron chi connectivity index (χ4n) is 3.95. The van der Waals surface area contributed by atoms with Gasteiger partial charge in [0.05, 0.1) is 12.7 Å². The van der Waals surface area contributed by atoms with Crippen molar-refractivity contribution in [1.82, 2.24) is 4.90 Å². The van der Waals surface area contributed by atoms with Gasteiger partial charge in [-0.05, 0) is 48.2 Å². The number of hydrogen-bond donors (Lipinski definition) is 1. The minimum Gasteiger partial charge on any atom is -0.493 e. The number of nitrogens with one attached hydrogen (secondary N) is 1. The van der Waals surface area contributed by atoms with Crippen LogP contribution in [0.1, 0.15) is 40.5 Å². The average Bonchev–Trinajstić information content (AvgIpc) is 3.63. The number of hydrogen-bond acceptors (Lipinski definition) is 4. The van der Waals surface area contributed by atoms with Gasteiger partial charge in [0.25, 0.3) is 5.91 Å². The summed E-state index contributed by atoms with van der Waals surface area (Å²) < 4.78 is 11.6. The molecule has 1 saturated carbocycles. The van der Waals surface area contributed by atoms with Crippen LogP contribution in [0.25, 0.3) is 0 Å². The summed E-state index contributed by atoms with van der Waals surface area (Å²) in [6.07, 6.45) is 1.85. The van der Waals surface area contributed by atoms with Crippen molar-refractivity contribution in [2.45, 2.75) is 31.7 Å². The second kappa shape index (κ2) is 7.75. The lowest BCUT2D eigenvalue weighted by Crippen LogP contribution is -2.44. The normalized spacial score (nSPS) is 17.8. The number of fused-ring (bicyclic) bond motifs is 1. The Kier molecular flexibility index (Phi) is 4.79. The van der Waals surface area contributed by atoms with Crippen LogP contribution in [0.2, 0.25) is 0 Å². The number of anilines is 1. The van der Waals surface area contributed by atoms with E-state index < -0.39 is 0 Å². The number of carbonyl (C=O) groups is 1. The van der Waals surface area contributed by atoms with Gasteiger partial charge < -0.3 is 19.7 Å². The third-order valence-electron chi connectivity index (χ3n) is 5.64. The van der Waals surface area contributed by atoms with Gasteiger partial charge in [-0.3, -0.25) is 4.79 Å². The molecule has 30 heavy (non-hydrogen) atoms. The summed E-state index contributed by atoms with van der Waals surface area (Å²) in [7, 11) is 1.64. The maximum atomic E-state index is 13.2. The highest BCUT2D eigenvalue weighted by molar-refractivity contribution is 6.02. The highest BCUT2D eigenvalue weighted by atomic mass is 16.5. The quantitative estimate of drug-likeness (QED) is 0.632. The summed E-state index contributed by atoms with van der Waals surface area (Å²) in [5.41, 5.74) is 3.67. The van der Waals surface area contributed by atoms with Crippen molar-refractivity contribution < 1.29 is 14.3 Å². The van der Waals surface area contributed by atoms with Gasteiger partial charge in [-0.1, -0.05) is 48.5 Å². The van der Waals surface area contributed by atoms with Gasteiger partial charge in [0.2, 0.25) is 0 Å². The zero-order valence-corrected chi connectivity index (χ0v) is 16.9. The van der Waals surface area contributed by atoms with Gasteiger partial charge in [0.1, 0.15) is 12.8 Å². The Hall–Kier alpha value is -3.47. The molecule has 5 rings (SSSR count). The highest BCUT2D eigenvalue weighted by Crippen LogP contribution is 2.42. The van der Waals surface area contributed by atoms with Crippen molar-refractivity contribution in [3.05, 3.63) is 89.5 Å². The Morgan fingerprint density at radius 3 is 2.50 bits per heavy atom. The Balaban J connectivity index is 1.47. The molecule has 3 aromatic carbocycles. The molecule has 1 atom stereocenters. The molecule has 2 aliphatic rings. The van der Waals surface area contributed by atoms with Crippen molar-refractivity contribution in [2.75, 3.05) is 12.4 Å². The molecule has 0 radical (unpaired) electrons. The van der Waals surface area contributed by atoms with E-state index in [0.717, 1.165) is 35.2 Å². The average molecular weight is 400 g/mol. The molecule has 1 amide bonds. The maximum absolute atomic E-state index is 13.2. The molecule has 1 aliphatic heterocycles. The smallest absolute Gasteiger partial charge is 0.258 e.